The van der Waals surface area contributed by atoms with Crippen molar-refractivity contribution < 1.29 is 14.3 Å². The van der Waals surface area contributed by atoms with Crippen molar-refractivity contribution in [1.29, 1.82) is 0 Å². The lowest BCUT2D eigenvalue weighted by Gasteiger charge is -2.36. The quantitative estimate of drug-likeness (QED) is 0.680. The molecule has 2 unspecified atom stereocenters. The molecule has 6 nitrogen and oxygen atoms in total. The molecule has 2 saturated heterocycles. The van der Waals surface area contributed by atoms with Gasteiger partial charge in [0.25, 0.3) is 0 Å². The molecule has 0 spiro atoms. The van der Waals surface area contributed by atoms with Gasteiger partial charge in [0, 0.05) is 44.5 Å². The number of hydrogen-bond acceptors (Lipinski definition) is 5. The van der Waals surface area contributed by atoms with Gasteiger partial charge in [-0.05, 0) is 38.5 Å². The van der Waals surface area contributed by atoms with Crippen LogP contribution in [0.3, 0.4) is 0 Å². The number of carbonyl (C=O) groups is 2. The number of thioether (sulfide) groups is 1. The van der Waals surface area contributed by atoms with Crippen LogP contribution in [0, 0.1) is 0 Å². The van der Waals surface area contributed by atoms with Crippen LogP contribution < -0.4 is 11.1 Å². The largest absolute Gasteiger partial charge is 0.377 e. The third kappa shape index (κ3) is 6.61. The predicted octanol–water partition coefficient (Wildman–Crippen LogP) is 1.13. The van der Waals surface area contributed by atoms with Gasteiger partial charge in [0.05, 0.1) is 11.9 Å². The topological polar surface area (TPSA) is 84.7 Å². The number of nitrogens with two attached hydrogens (primary N) is 1. The fourth-order valence-corrected chi connectivity index (χ4v) is 4.28. The van der Waals surface area contributed by atoms with Gasteiger partial charge < -0.3 is 20.7 Å². The molecular formula is C17H31N3O3S. The van der Waals surface area contributed by atoms with Crippen molar-refractivity contribution in [2.45, 2.75) is 57.1 Å². The molecule has 0 saturated carbocycles. The van der Waals surface area contributed by atoms with Gasteiger partial charge in [-0.1, -0.05) is 0 Å². The van der Waals surface area contributed by atoms with Gasteiger partial charge in [-0.25, -0.2) is 0 Å². The average molecular weight is 358 g/mol. The summed E-state index contributed by atoms with van der Waals surface area (Å²) in [6.07, 6.45) is 7.29. The Morgan fingerprint density at radius 3 is 2.79 bits per heavy atom. The molecule has 0 bridgehead atoms. The molecule has 0 radical (unpaired) electrons. The van der Waals surface area contributed by atoms with E-state index in [9.17, 15) is 9.59 Å². The van der Waals surface area contributed by atoms with Crippen molar-refractivity contribution in [3.05, 3.63) is 0 Å². The average Bonchev–Trinajstić information content (AvgIpc) is 2.61. The Bertz CT molecular complexity index is 403. The highest BCUT2D eigenvalue weighted by Crippen LogP contribution is 2.20. The standard InChI is InChI=1S/C17H31N3O3S/c18-8-7-16(21)19-11-14-5-1-3-9-20(14)17(22)13-24-12-15-6-2-4-10-23-15/h14-15H,1-13,18H2,(H,19,21). The molecule has 0 aromatic heterocycles. The number of hydrogen-bond donors (Lipinski definition) is 2. The van der Waals surface area contributed by atoms with Crippen LogP contribution in [0.1, 0.15) is 44.9 Å². The van der Waals surface area contributed by atoms with Gasteiger partial charge in [-0.3, -0.25) is 9.59 Å². The van der Waals surface area contributed by atoms with Crippen LogP contribution in [0.2, 0.25) is 0 Å². The summed E-state index contributed by atoms with van der Waals surface area (Å²) in [6, 6.07) is 0.125. The Hall–Kier alpha value is -0.790. The maximum absolute atomic E-state index is 12.6. The monoisotopic (exact) mass is 357 g/mol. The van der Waals surface area contributed by atoms with Crippen LogP contribution in [0.15, 0.2) is 0 Å². The molecular weight excluding hydrogens is 326 g/mol. The number of amides is 2. The number of nitrogens with zero attached hydrogens (tertiary/aromatic N) is 1. The van der Waals surface area contributed by atoms with Crippen LogP contribution in [0.4, 0.5) is 0 Å². The third-order valence-corrected chi connectivity index (χ3v) is 5.72. The van der Waals surface area contributed by atoms with Crippen LogP contribution >= 0.6 is 11.8 Å². The lowest BCUT2D eigenvalue weighted by Crippen LogP contribution is -2.50. The van der Waals surface area contributed by atoms with E-state index in [-0.39, 0.29) is 17.9 Å². The first-order valence-corrected chi connectivity index (χ1v) is 10.3. The summed E-state index contributed by atoms with van der Waals surface area (Å²) in [5, 5.41) is 2.91. The molecule has 138 valence electrons. The van der Waals surface area contributed by atoms with Crippen molar-refractivity contribution in [1.82, 2.24) is 10.2 Å². The molecule has 2 fully saturated rings. The predicted molar refractivity (Wildman–Crippen MR) is 96.9 cm³/mol. The minimum atomic E-state index is -0.0284. The normalized spacial score (nSPS) is 24.6. The fourth-order valence-electron chi connectivity index (χ4n) is 3.29. The van der Waals surface area contributed by atoms with Crippen molar-refractivity contribution in [2.24, 2.45) is 5.73 Å². The summed E-state index contributed by atoms with van der Waals surface area (Å²) >= 11 is 1.68. The summed E-state index contributed by atoms with van der Waals surface area (Å²) in [7, 11) is 0. The van der Waals surface area contributed by atoms with Crippen molar-refractivity contribution in [3.63, 3.8) is 0 Å². The highest BCUT2D eigenvalue weighted by Gasteiger charge is 2.27. The van der Waals surface area contributed by atoms with E-state index in [0.717, 1.165) is 51.0 Å². The second-order valence-electron chi connectivity index (χ2n) is 6.58. The van der Waals surface area contributed by atoms with Gasteiger partial charge in [0.2, 0.25) is 11.8 Å². The van der Waals surface area contributed by atoms with Crippen LogP contribution in [-0.2, 0) is 14.3 Å². The van der Waals surface area contributed by atoms with Crippen LogP contribution in [0.5, 0.6) is 0 Å². The number of rotatable bonds is 8. The molecule has 2 atom stereocenters. The summed E-state index contributed by atoms with van der Waals surface area (Å²) < 4.78 is 5.71. The van der Waals surface area contributed by atoms with Crippen LogP contribution in [0.25, 0.3) is 0 Å². The summed E-state index contributed by atoms with van der Waals surface area (Å²) in [5.41, 5.74) is 5.39. The molecule has 2 rings (SSSR count). The van der Waals surface area contributed by atoms with E-state index in [0.29, 0.717) is 31.4 Å². The van der Waals surface area contributed by atoms with E-state index in [2.05, 4.69) is 5.32 Å². The Balaban J connectivity index is 1.71. The number of likely N-dealkylation sites (tertiary alicyclic amines) is 1. The van der Waals surface area contributed by atoms with Crippen molar-refractivity contribution >= 4 is 23.6 Å². The number of piperidine rings is 1. The zero-order chi connectivity index (χ0) is 17.2. The maximum atomic E-state index is 12.6. The SMILES string of the molecule is NCCC(=O)NCC1CCCCN1C(=O)CSCC1CCCCO1. The van der Waals surface area contributed by atoms with E-state index in [1.54, 1.807) is 11.8 Å². The lowest BCUT2D eigenvalue weighted by molar-refractivity contribution is -0.132. The maximum Gasteiger partial charge on any atom is 0.232 e. The Kier molecular flexibility index (Phi) is 8.91. The highest BCUT2D eigenvalue weighted by molar-refractivity contribution is 7.99. The summed E-state index contributed by atoms with van der Waals surface area (Å²) in [5.74, 6) is 1.57. The van der Waals surface area contributed by atoms with E-state index >= 15 is 0 Å². The molecule has 3 N–H and O–H groups in total. The van der Waals surface area contributed by atoms with Gasteiger partial charge >= 0.3 is 0 Å². The van der Waals surface area contributed by atoms with Crippen molar-refractivity contribution in [2.75, 3.05) is 37.7 Å². The Morgan fingerprint density at radius 2 is 2.04 bits per heavy atom. The van der Waals surface area contributed by atoms with E-state index < -0.39 is 0 Å². The molecule has 0 aromatic carbocycles. The van der Waals surface area contributed by atoms with Gasteiger partial charge in [0.1, 0.15) is 0 Å². The third-order valence-electron chi connectivity index (χ3n) is 4.66. The van der Waals surface area contributed by atoms with E-state index in [1.165, 1.54) is 6.42 Å². The number of ether oxygens (including phenoxy) is 1. The first-order valence-electron chi connectivity index (χ1n) is 9.16. The van der Waals surface area contributed by atoms with Gasteiger partial charge in [-0.15, -0.1) is 11.8 Å². The molecule has 24 heavy (non-hydrogen) atoms. The summed E-state index contributed by atoms with van der Waals surface area (Å²) in [4.78, 5) is 26.1. The summed E-state index contributed by atoms with van der Waals surface area (Å²) in [6.45, 7) is 2.56. The first-order chi connectivity index (χ1) is 11.7. The molecule has 2 aliphatic heterocycles. The lowest BCUT2D eigenvalue weighted by atomic mass is 10.0. The highest BCUT2D eigenvalue weighted by atomic mass is 32.2. The molecule has 2 aliphatic rings. The second kappa shape index (κ2) is 10.9. The number of nitrogens with one attached hydrogen (secondary N) is 1. The first kappa shape index (κ1) is 19.5. The number of carbonyl (C=O) groups excluding carboxylic acids is 2. The molecule has 0 aromatic rings. The smallest absolute Gasteiger partial charge is 0.232 e. The zero-order valence-electron chi connectivity index (χ0n) is 14.5. The Morgan fingerprint density at radius 1 is 1.21 bits per heavy atom. The van der Waals surface area contributed by atoms with E-state index in [4.69, 9.17) is 10.5 Å². The fraction of sp³-hybridized carbons (Fsp3) is 0.882. The van der Waals surface area contributed by atoms with Crippen molar-refractivity contribution in [3.8, 4) is 0 Å². The van der Waals surface area contributed by atoms with E-state index in [1.807, 2.05) is 4.90 Å². The molecule has 2 amide bonds. The Labute approximate surface area is 149 Å². The second-order valence-corrected chi connectivity index (χ2v) is 7.61. The van der Waals surface area contributed by atoms with Crippen LogP contribution in [-0.4, -0.2) is 66.6 Å². The van der Waals surface area contributed by atoms with Gasteiger partial charge in [0.15, 0.2) is 0 Å². The molecule has 2 heterocycles. The van der Waals surface area contributed by atoms with Gasteiger partial charge in [-0.2, -0.15) is 0 Å². The molecule has 7 heteroatoms. The minimum absolute atomic E-state index is 0.0284. The molecule has 0 aliphatic carbocycles. The minimum Gasteiger partial charge on any atom is -0.377 e. The zero-order valence-corrected chi connectivity index (χ0v) is 15.3.